The molecule has 0 aliphatic carbocycles. The Morgan fingerprint density at radius 3 is 2.59 bits per heavy atom. The predicted octanol–water partition coefficient (Wildman–Crippen LogP) is 5.20. The van der Waals surface area contributed by atoms with E-state index in [4.69, 9.17) is 16.3 Å². The maximum atomic E-state index is 12.6. The zero-order valence-electron chi connectivity index (χ0n) is 17.8. The van der Waals surface area contributed by atoms with Crippen molar-refractivity contribution in [2.75, 3.05) is 41.8 Å². The highest BCUT2D eigenvalue weighted by molar-refractivity contribution is 8.02. The number of hydrogen-bond acceptors (Lipinski definition) is 8. The fourth-order valence-electron chi connectivity index (χ4n) is 3.13. The molecule has 1 amide bonds. The van der Waals surface area contributed by atoms with Crippen LogP contribution in [0.15, 0.2) is 46.8 Å². The van der Waals surface area contributed by atoms with E-state index in [0.29, 0.717) is 10.2 Å². The van der Waals surface area contributed by atoms with Crippen molar-refractivity contribution >= 4 is 62.8 Å². The van der Waals surface area contributed by atoms with Gasteiger partial charge in [0.1, 0.15) is 0 Å². The molecule has 2 aromatic carbocycles. The van der Waals surface area contributed by atoms with Crippen LogP contribution in [0.2, 0.25) is 5.02 Å². The Balaban J connectivity index is 1.30. The van der Waals surface area contributed by atoms with E-state index in [1.807, 2.05) is 56.3 Å². The zero-order chi connectivity index (χ0) is 22.5. The summed E-state index contributed by atoms with van der Waals surface area (Å²) in [5, 5.41) is 15.6. The number of halogens is 1. The van der Waals surface area contributed by atoms with Gasteiger partial charge in [-0.05, 0) is 55.8 Å². The summed E-state index contributed by atoms with van der Waals surface area (Å²) in [7, 11) is 0. The number of aryl methyl sites for hydroxylation is 1. The van der Waals surface area contributed by atoms with Gasteiger partial charge in [-0.15, -0.1) is 10.2 Å². The molecule has 3 aromatic rings. The van der Waals surface area contributed by atoms with Crippen LogP contribution in [0.1, 0.15) is 12.5 Å². The molecule has 0 saturated carbocycles. The Kier molecular flexibility index (Phi) is 7.51. The number of amides is 1. The van der Waals surface area contributed by atoms with Gasteiger partial charge in [-0.1, -0.05) is 40.8 Å². The molecule has 4 rings (SSSR count). The summed E-state index contributed by atoms with van der Waals surface area (Å²) in [5.41, 5.74) is 3.77. The standard InChI is InChI=1S/C22H24ClN5O2S2/c1-14-3-4-17(13-19(14)23)25-21-26-27-22(32-21)31-15(2)20(29)24-16-5-7-18(8-6-16)28-9-11-30-12-10-28/h3-8,13,15H,9-12H2,1-2H3,(H,24,29)(H,25,26). The SMILES string of the molecule is Cc1ccc(Nc2nnc(SC(C)C(=O)Nc3ccc(N4CCOCC4)cc3)s2)cc1Cl. The summed E-state index contributed by atoms with van der Waals surface area (Å²) in [4.78, 5) is 14.9. The van der Waals surface area contributed by atoms with Gasteiger partial charge in [-0.3, -0.25) is 4.79 Å². The topological polar surface area (TPSA) is 79.4 Å². The van der Waals surface area contributed by atoms with Crippen LogP contribution in [0, 0.1) is 6.92 Å². The summed E-state index contributed by atoms with van der Waals surface area (Å²) in [6.07, 6.45) is 0. The lowest BCUT2D eigenvalue weighted by molar-refractivity contribution is -0.115. The number of carbonyl (C=O) groups is 1. The number of aromatic nitrogens is 2. The first kappa shape index (κ1) is 22.8. The molecule has 32 heavy (non-hydrogen) atoms. The van der Waals surface area contributed by atoms with E-state index in [0.717, 1.165) is 53.3 Å². The summed E-state index contributed by atoms with van der Waals surface area (Å²) in [6.45, 7) is 7.07. The lowest BCUT2D eigenvalue weighted by Crippen LogP contribution is -2.36. The average molecular weight is 490 g/mol. The summed E-state index contributed by atoms with van der Waals surface area (Å²) >= 11 is 8.95. The average Bonchev–Trinajstić information content (AvgIpc) is 3.24. The van der Waals surface area contributed by atoms with Gasteiger partial charge in [0.25, 0.3) is 0 Å². The normalized spacial score (nSPS) is 14.8. The molecule has 0 spiro atoms. The highest BCUT2D eigenvalue weighted by Gasteiger charge is 2.18. The molecule has 7 nitrogen and oxygen atoms in total. The molecule has 168 valence electrons. The number of morpholine rings is 1. The third kappa shape index (κ3) is 5.92. The van der Waals surface area contributed by atoms with Gasteiger partial charge in [-0.2, -0.15) is 0 Å². The van der Waals surface area contributed by atoms with Crippen LogP contribution in [-0.2, 0) is 9.53 Å². The van der Waals surface area contributed by atoms with E-state index in [9.17, 15) is 4.79 Å². The number of nitrogens with zero attached hydrogens (tertiary/aromatic N) is 3. The zero-order valence-corrected chi connectivity index (χ0v) is 20.2. The van der Waals surface area contributed by atoms with Crippen molar-refractivity contribution in [1.29, 1.82) is 0 Å². The fraction of sp³-hybridized carbons (Fsp3) is 0.318. The monoisotopic (exact) mass is 489 g/mol. The van der Waals surface area contributed by atoms with Crippen molar-refractivity contribution in [1.82, 2.24) is 10.2 Å². The summed E-state index contributed by atoms with van der Waals surface area (Å²) < 4.78 is 6.11. The third-order valence-electron chi connectivity index (χ3n) is 4.99. The molecule has 1 aromatic heterocycles. The van der Waals surface area contributed by atoms with E-state index in [1.165, 1.54) is 23.1 Å². The number of benzene rings is 2. The molecule has 1 aliphatic heterocycles. The molecule has 1 fully saturated rings. The van der Waals surface area contributed by atoms with Crippen LogP contribution in [0.3, 0.4) is 0 Å². The second-order valence-electron chi connectivity index (χ2n) is 7.36. The van der Waals surface area contributed by atoms with Crippen LogP contribution >= 0.6 is 34.7 Å². The number of ether oxygens (including phenoxy) is 1. The van der Waals surface area contributed by atoms with Gasteiger partial charge < -0.3 is 20.3 Å². The number of nitrogens with one attached hydrogen (secondary N) is 2. The number of anilines is 4. The molecular formula is C22H24ClN5O2S2. The maximum Gasteiger partial charge on any atom is 0.237 e. The van der Waals surface area contributed by atoms with Crippen molar-refractivity contribution < 1.29 is 9.53 Å². The Morgan fingerprint density at radius 2 is 1.88 bits per heavy atom. The molecular weight excluding hydrogens is 466 g/mol. The van der Waals surface area contributed by atoms with Crippen molar-refractivity contribution in [2.24, 2.45) is 0 Å². The number of carbonyl (C=O) groups excluding carboxylic acids is 1. The molecule has 1 saturated heterocycles. The van der Waals surface area contributed by atoms with Crippen LogP contribution in [0.4, 0.5) is 22.2 Å². The number of thioether (sulfide) groups is 1. The van der Waals surface area contributed by atoms with Crippen LogP contribution in [-0.4, -0.2) is 47.7 Å². The van der Waals surface area contributed by atoms with Crippen molar-refractivity contribution in [2.45, 2.75) is 23.4 Å². The highest BCUT2D eigenvalue weighted by atomic mass is 35.5. The largest absolute Gasteiger partial charge is 0.378 e. The molecule has 1 unspecified atom stereocenters. The van der Waals surface area contributed by atoms with Crippen molar-refractivity contribution in [3.05, 3.63) is 53.1 Å². The number of rotatable bonds is 7. The Morgan fingerprint density at radius 1 is 1.16 bits per heavy atom. The van der Waals surface area contributed by atoms with Crippen molar-refractivity contribution in [3.8, 4) is 0 Å². The van der Waals surface area contributed by atoms with Gasteiger partial charge in [0, 0.05) is 35.2 Å². The van der Waals surface area contributed by atoms with Gasteiger partial charge in [-0.25, -0.2) is 0 Å². The molecule has 0 bridgehead atoms. The van der Waals surface area contributed by atoms with Gasteiger partial charge in [0.05, 0.1) is 18.5 Å². The first-order valence-electron chi connectivity index (χ1n) is 10.2. The summed E-state index contributed by atoms with van der Waals surface area (Å²) in [5.74, 6) is -0.0795. The molecule has 1 aliphatic rings. The maximum absolute atomic E-state index is 12.6. The quantitative estimate of drug-likeness (QED) is 0.441. The van der Waals surface area contributed by atoms with Gasteiger partial charge in [0.2, 0.25) is 11.0 Å². The van der Waals surface area contributed by atoms with Crippen LogP contribution < -0.4 is 15.5 Å². The van der Waals surface area contributed by atoms with E-state index in [-0.39, 0.29) is 11.2 Å². The molecule has 2 N–H and O–H groups in total. The minimum Gasteiger partial charge on any atom is -0.378 e. The van der Waals surface area contributed by atoms with E-state index in [1.54, 1.807) is 0 Å². The molecule has 2 heterocycles. The Bertz CT molecular complexity index is 1070. The first-order chi connectivity index (χ1) is 15.5. The predicted molar refractivity (Wildman–Crippen MR) is 133 cm³/mol. The lowest BCUT2D eigenvalue weighted by Gasteiger charge is -2.28. The highest BCUT2D eigenvalue weighted by Crippen LogP contribution is 2.32. The second-order valence-corrected chi connectivity index (χ2v) is 10.3. The Hall–Kier alpha value is -2.33. The molecule has 10 heteroatoms. The van der Waals surface area contributed by atoms with Gasteiger partial charge >= 0.3 is 0 Å². The molecule has 0 radical (unpaired) electrons. The van der Waals surface area contributed by atoms with Crippen LogP contribution in [0.25, 0.3) is 0 Å². The smallest absolute Gasteiger partial charge is 0.237 e. The van der Waals surface area contributed by atoms with E-state index in [2.05, 4.69) is 25.7 Å². The molecule has 1 atom stereocenters. The van der Waals surface area contributed by atoms with Crippen molar-refractivity contribution in [3.63, 3.8) is 0 Å². The Labute approximate surface area is 200 Å². The minimum absolute atomic E-state index is 0.0795. The van der Waals surface area contributed by atoms with Crippen LogP contribution in [0.5, 0.6) is 0 Å². The summed E-state index contributed by atoms with van der Waals surface area (Å²) in [6, 6.07) is 13.7. The minimum atomic E-state index is -0.316. The third-order valence-corrected chi connectivity index (χ3v) is 7.42. The second kappa shape index (κ2) is 10.5. The lowest BCUT2D eigenvalue weighted by atomic mass is 10.2. The van der Waals surface area contributed by atoms with E-state index < -0.39 is 0 Å². The van der Waals surface area contributed by atoms with E-state index >= 15 is 0 Å². The van der Waals surface area contributed by atoms with Gasteiger partial charge in [0.15, 0.2) is 4.34 Å². The fourth-order valence-corrected chi connectivity index (χ4v) is 5.22. The first-order valence-corrected chi connectivity index (χ1v) is 12.3. The number of hydrogen-bond donors (Lipinski definition) is 2.